The summed E-state index contributed by atoms with van der Waals surface area (Å²) in [5.74, 6) is -0.0968. The molecule has 0 saturated heterocycles. The highest BCUT2D eigenvalue weighted by molar-refractivity contribution is 7.91. The monoisotopic (exact) mass is 307 g/mol. The van der Waals surface area contributed by atoms with Crippen molar-refractivity contribution in [1.29, 1.82) is 5.26 Å². The summed E-state index contributed by atoms with van der Waals surface area (Å²) in [7, 11) is -3.59. The number of benzene rings is 1. The fourth-order valence-electron chi connectivity index (χ4n) is 1.90. The lowest BCUT2D eigenvalue weighted by Crippen LogP contribution is -2.13. The van der Waals surface area contributed by atoms with Gasteiger partial charge in [0, 0.05) is 11.8 Å². The molecule has 0 fully saturated rings. The van der Waals surface area contributed by atoms with Crippen LogP contribution in [0.15, 0.2) is 27.8 Å². The van der Waals surface area contributed by atoms with Gasteiger partial charge >= 0.3 is 5.22 Å². The summed E-state index contributed by atoms with van der Waals surface area (Å²) >= 11 is 0. The van der Waals surface area contributed by atoms with Gasteiger partial charge in [0.25, 0.3) is 0 Å². The topological polar surface area (TPSA) is 110 Å². The fourth-order valence-corrected chi connectivity index (χ4v) is 3.05. The Labute approximate surface area is 123 Å². The number of hydrogen-bond acceptors (Lipinski definition) is 6. The second kappa shape index (κ2) is 5.37. The van der Waals surface area contributed by atoms with E-state index in [1.165, 1.54) is 0 Å². The SMILES string of the molecule is CC(C)(C#N)CCCS(=O)(=O)c1nc2ccc(N)cc2o1. The Morgan fingerprint density at radius 1 is 1.43 bits per heavy atom. The molecule has 1 aromatic carbocycles. The zero-order valence-corrected chi connectivity index (χ0v) is 12.8. The lowest BCUT2D eigenvalue weighted by atomic mass is 9.90. The minimum atomic E-state index is -3.59. The van der Waals surface area contributed by atoms with Gasteiger partial charge in [-0.2, -0.15) is 10.2 Å². The lowest BCUT2D eigenvalue weighted by Gasteiger charge is -2.13. The molecule has 0 atom stereocenters. The summed E-state index contributed by atoms with van der Waals surface area (Å²) in [4.78, 5) is 3.99. The number of rotatable bonds is 5. The number of sulfone groups is 1. The van der Waals surface area contributed by atoms with Crippen LogP contribution in [-0.4, -0.2) is 19.2 Å². The number of nitriles is 1. The molecule has 2 N–H and O–H groups in total. The van der Waals surface area contributed by atoms with Crippen molar-refractivity contribution in [2.24, 2.45) is 5.41 Å². The fraction of sp³-hybridized carbons (Fsp3) is 0.429. The molecule has 1 aromatic heterocycles. The summed E-state index contributed by atoms with van der Waals surface area (Å²) in [6.07, 6.45) is 0.875. The van der Waals surface area contributed by atoms with E-state index >= 15 is 0 Å². The van der Waals surface area contributed by atoms with Crippen molar-refractivity contribution in [3.63, 3.8) is 0 Å². The summed E-state index contributed by atoms with van der Waals surface area (Å²) in [5.41, 5.74) is 6.38. The van der Waals surface area contributed by atoms with Gasteiger partial charge in [0.15, 0.2) is 5.58 Å². The van der Waals surface area contributed by atoms with Crippen molar-refractivity contribution in [2.45, 2.75) is 31.9 Å². The molecule has 112 valence electrons. The third kappa shape index (κ3) is 3.52. The van der Waals surface area contributed by atoms with E-state index in [0.717, 1.165) is 0 Å². The third-order valence-electron chi connectivity index (χ3n) is 3.18. The van der Waals surface area contributed by atoms with Crippen molar-refractivity contribution < 1.29 is 12.8 Å². The van der Waals surface area contributed by atoms with E-state index in [1.807, 2.05) is 0 Å². The number of hydrogen-bond donors (Lipinski definition) is 1. The van der Waals surface area contributed by atoms with Gasteiger partial charge in [0.1, 0.15) is 5.52 Å². The van der Waals surface area contributed by atoms with Crippen molar-refractivity contribution >= 4 is 26.6 Å². The Morgan fingerprint density at radius 3 is 2.81 bits per heavy atom. The predicted molar refractivity (Wildman–Crippen MR) is 79.1 cm³/mol. The number of aromatic nitrogens is 1. The van der Waals surface area contributed by atoms with E-state index in [9.17, 15) is 8.42 Å². The van der Waals surface area contributed by atoms with Crippen LogP contribution < -0.4 is 5.73 Å². The van der Waals surface area contributed by atoms with E-state index in [4.69, 9.17) is 15.4 Å². The zero-order valence-electron chi connectivity index (χ0n) is 12.0. The Bertz CT molecular complexity index is 800. The number of oxazole rings is 1. The standard InChI is InChI=1S/C14H17N3O3S/c1-14(2,9-15)6-3-7-21(18,19)13-17-11-5-4-10(16)8-12(11)20-13/h4-5,8H,3,6-7,16H2,1-2H3. The molecule has 21 heavy (non-hydrogen) atoms. The van der Waals surface area contributed by atoms with Crippen LogP contribution in [0, 0.1) is 16.7 Å². The number of nitrogens with two attached hydrogens (primary N) is 1. The second-order valence-electron chi connectivity index (χ2n) is 5.63. The molecule has 7 heteroatoms. The van der Waals surface area contributed by atoms with Crippen molar-refractivity contribution in [3.05, 3.63) is 18.2 Å². The minimum Gasteiger partial charge on any atom is -0.428 e. The molecule has 2 rings (SSSR count). The first-order valence-corrected chi connectivity index (χ1v) is 8.19. The Balaban J connectivity index is 2.16. The molecule has 0 amide bonds. The molecular weight excluding hydrogens is 290 g/mol. The van der Waals surface area contributed by atoms with E-state index in [2.05, 4.69) is 11.1 Å². The maximum atomic E-state index is 12.2. The number of nitrogens with zero attached hydrogens (tertiary/aromatic N) is 2. The minimum absolute atomic E-state index is 0.0968. The third-order valence-corrected chi connectivity index (χ3v) is 4.71. The summed E-state index contributed by atoms with van der Waals surface area (Å²) in [6.45, 7) is 3.56. The highest BCUT2D eigenvalue weighted by Crippen LogP contribution is 2.24. The molecule has 0 bridgehead atoms. The van der Waals surface area contributed by atoms with E-state index < -0.39 is 15.3 Å². The second-order valence-corrected chi connectivity index (χ2v) is 7.61. The van der Waals surface area contributed by atoms with Gasteiger partial charge in [-0.3, -0.25) is 0 Å². The van der Waals surface area contributed by atoms with Crippen LogP contribution in [0.2, 0.25) is 0 Å². The van der Waals surface area contributed by atoms with Crippen molar-refractivity contribution in [1.82, 2.24) is 4.98 Å². The molecular formula is C14H17N3O3S. The first-order valence-electron chi connectivity index (χ1n) is 6.54. The average molecular weight is 307 g/mol. The van der Waals surface area contributed by atoms with Gasteiger partial charge in [-0.1, -0.05) is 0 Å². The molecule has 0 saturated carbocycles. The first-order chi connectivity index (χ1) is 9.73. The lowest BCUT2D eigenvalue weighted by molar-refractivity contribution is 0.436. The quantitative estimate of drug-likeness (QED) is 0.850. The number of anilines is 1. The van der Waals surface area contributed by atoms with Gasteiger partial charge < -0.3 is 10.2 Å². The van der Waals surface area contributed by atoms with Crippen LogP contribution >= 0.6 is 0 Å². The van der Waals surface area contributed by atoms with E-state index in [-0.39, 0.29) is 11.0 Å². The van der Waals surface area contributed by atoms with Crippen molar-refractivity contribution in [2.75, 3.05) is 11.5 Å². The molecule has 0 radical (unpaired) electrons. The van der Waals surface area contributed by atoms with Crippen LogP contribution in [0.25, 0.3) is 11.1 Å². The molecule has 1 heterocycles. The van der Waals surface area contributed by atoms with Crippen molar-refractivity contribution in [3.8, 4) is 6.07 Å². The van der Waals surface area contributed by atoms with Crippen LogP contribution in [0.5, 0.6) is 0 Å². The maximum absolute atomic E-state index is 12.2. The summed E-state index contributed by atoms with van der Waals surface area (Å²) < 4.78 is 29.7. The number of nitrogen functional groups attached to an aromatic ring is 1. The smallest absolute Gasteiger partial charge is 0.316 e. The van der Waals surface area contributed by atoms with Gasteiger partial charge in [0.2, 0.25) is 9.84 Å². The van der Waals surface area contributed by atoms with Crippen LogP contribution in [0.3, 0.4) is 0 Å². The Kier molecular flexibility index (Phi) is 3.92. The Hall–Kier alpha value is -2.07. The molecule has 0 unspecified atom stereocenters. The van der Waals surface area contributed by atoms with Gasteiger partial charge in [0.05, 0.1) is 17.2 Å². The number of fused-ring (bicyclic) bond motifs is 1. The maximum Gasteiger partial charge on any atom is 0.316 e. The van der Waals surface area contributed by atoms with Gasteiger partial charge in [-0.15, -0.1) is 0 Å². The molecule has 2 aromatic rings. The molecule has 6 nitrogen and oxygen atoms in total. The van der Waals surface area contributed by atoms with E-state index in [1.54, 1.807) is 32.0 Å². The highest BCUT2D eigenvalue weighted by Gasteiger charge is 2.24. The molecule has 0 spiro atoms. The molecule has 0 aliphatic heterocycles. The highest BCUT2D eigenvalue weighted by atomic mass is 32.2. The van der Waals surface area contributed by atoms with Crippen LogP contribution in [0.1, 0.15) is 26.7 Å². The van der Waals surface area contributed by atoms with Gasteiger partial charge in [-0.25, -0.2) is 8.42 Å². The molecule has 0 aliphatic rings. The normalized spacial score (nSPS) is 12.4. The summed E-state index contributed by atoms with van der Waals surface area (Å²) in [5, 5.41) is 8.63. The van der Waals surface area contributed by atoms with E-state index in [0.29, 0.717) is 29.6 Å². The average Bonchev–Trinajstić information content (AvgIpc) is 2.82. The zero-order chi connectivity index (χ0) is 15.7. The largest absolute Gasteiger partial charge is 0.428 e. The van der Waals surface area contributed by atoms with Crippen LogP contribution in [0.4, 0.5) is 5.69 Å². The predicted octanol–water partition coefficient (Wildman–Crippen LogP) is 2.51. The van der Waals surface area contributed by atoms with Gasteiger partial charge in [-0.05, 0) is 38.8 Å². The van der Waals surface area contributed by atoms with Crippen LogP contribution in [-0.2, 0) is 9.84 Å². The first kappa shape index (κ1) is 15.3. The summed E-state index contributed by atoms with van der Waals surface area (Å²) in [6, 6.07) is 6.94. The molecule has 0 aliphatic carbocycles. The Morgan fingerprint density at radius 2 is 2.14 bits per heavy atom.